The summed E-state index contributed by atoms with van der Waals surface area (Å²) in [6.45, 7) is 25.1. The summed E-state index contributed by atoms with van der Waals surface area (Å²) in [5.41, 5.74) is 6.28. The molecule has 0 aromatic heterocycles. The SMILES string of the molecule is CC(C)(C)c1cc(C(C)(C)C)c2c(c1)C(C)(C)CP2(=O)/C=C/[Si](C)(C)C. The summed E-state index contributed by atoms with van der Waals surface area (Å²) in [5.74, 6) is 2.12. The quantitative estimate of drug-likeness (QED) is 0.394. The van der Waals surface area contributed by atoms with Crippen LogP contribution in [0.2, 0.25) is 19.6 Å². The highest BCUT2D eigenvalue weighted by atomic mass is 31.2. The van der Waals surface area contributed by atoms with E-state index in [1.807, 2.05) is 0 Å². The maximum atomic E-state index is 14.3. The molecular weight excluding hydrogens is 351 g/mol. The Morgan fingerprint density at radius 3 is 1.96 bits per heavy atom. The minimum Gasteiger partial charge on any atom is -0.314 e. The molecule has 26 heavy (non-hydrogen) atoms. The Kier molecular flexibility index (Phi) is 5.18. The van der Waals surface area contributed by atoms with E-state index in [-0.39, 0.29) is 16.2 Å². The van der Waals surface area contributed by atoms with Gasteiger partial charge in [0.25, 0.3) is 0 Å². The zero-order valence-electron chi connectivity index (χ0n) is 18.9. The second-order valence-corrected chi connectivity index (χ2v) is 19.7. The smallest absolute Gasteiger partial charge is 0.137 e. The second-order valence-electron chi connectivity index (χ2n) is 11.9. The van der Waals surface area contributed by atoms with Gasteiger partial charge in [0.05, 0.1) is 8.07 Å². The molecule has 1 aliphatic heterocycles. The number of hydrogen-bond acceptors (Lipinski definition) is 1. The van der Waals surface area contributed by atoms with E-state index in [1.165, 1.54) is 16.7 Å². The van der Waals surface area contributed by atoms with Gasteiger partial charge in [0.1, 0.15) is 7.14 Å². The van der Waals surface area contributed by atoms with Gasteiger partial charge >= 0.3 is 0 Å². The summed E-state index contributed by atoms with van der Waals surface area (Å²) in [6.07, 6.45) is 0.757. The molecule has 1 heterocycles. The lowest BCUT2D eigenvalue weighted by Gasteiger charge is -2.30. The van der Waals surface area contributed by atoms with Crippen LogP contribution in [0.1, 0.15) is 72.1 Å². The average Bonchev–Trinajstić information content (AvgIpc) is 2.61. The molecule has 1 aliphatic rings. The highest BCUT2D eigenvalue weighted by Crippen LogP contribution is 2.60. The van der Waals surface area contributed by atoms with Gasteiger partial charge in [-0.15, -0.1) is 0 Å². The molecule has 0 N–H and O–H groups in total. The van der Waals surface area contributed by atoms with E-state index in [2.05, 4.69) is 98.7 Å². The standard InChI is InChI=1S/C23H39OPSi/c1-21(2,3)17-14-18(22(4,5)6)20-19(15-17)23(7,8)16-25(20,24)12-13-26(9,10)11/h12-15H,16H2,1-11H3/b13-12+. The van der Waals surface area contributed by atoms with Crippen LogP contribution in [0.3, 0.4) is 0 Å². The molecule has 1 nitrogen and oxygen atoms in total. The van der Waals surface area contributed by atoms with E-state index in [0.29, 0.717) is 0 Å². The van der Waals surface area contributed by atoms with Gasteiger partial charge in [-0.25, -0.2) is 0 Å². The molecule has 0 aliphatic carbocycles. The van der Waals surface area contributed by atoms with Crippen LogP contribution in [0.15, 0.2) is 23.6 Å². The van der Waals surface area contributed by atoms with E-state index >= 15 is 0 Å². The first-order chi connectivity index (χ1) is 11.4. The van der Waals surface area contributed by atoms with Crippen LogP contribution in [0.4, 0.5) is 0 Å². The zero-order valence-corrected chi connectivity index (χ0v) is 20.8. The maximum absolute atomic E-state index is 14.3. The van der Waals surface area contributed by atoms with Crippen LogP contribution in [-0.4, -0.2) is 14.2 Å². The molecule has 0 saturated carbocycles. The molecule has 146 valence electrons. The fourth-order valence-electron chi connectivity index (χ4n) is 3.79. The van der Waals surface area contributed by atoms with Crippen molar-refractivity contribution in [2.75, 3.05) is 6.16 Å². The van der Waals surface area contributed by atoms with Crippen LogP contribution in [0.5, 0.6) is 0 Å². The van der Waals surface area contributed by atoms with Crippen LogP contribution < -0.4 is 5.30 Å². The van der Waals surface area contributed by atoms with Crippen molar-refractivity contribution in [2.45, 2.75) is 91.3 Å². The molecule has 0 saturated heterocycles. The zero-order chi connectivity index (χ0) is 20.3. The molecule has 1 unspecified atom stereocenters. The Morgan fingerprint density at radius 2 is 1.54 bits per heavy atom. The van der Waals surface area contributed by atoms with Gasteiger partial charge in [-0.2, -0.15) is 0 Å². The average molecular weight is 391 g/mol. The summed E-state index contributed by atoms with van der Waals surface area (Å²) in [7, 11) is -3.93. The minimum atomic E-state index is -2.53. The van der Waals surface area contributed by atoms with Gasteiger partial charge in [0, 0.05) is 11.5 Å². The van der Waals surface area contributed by atoms with Crippen LogP contribution >= 0.6 is 7.14 Å². The predicted octanol–water partition coefficient (Wildman–Crippen LogP) is 6.95. The Bertz CT molecular complexity index is 780. The Morgan fingerprint density at radius 1 is 1.00 bits per heavy atom. The van der Waals surface area contributed by atoms with E-state index in [4.69, 9.17) is 0 Å². The molecule has 3 heteroatoms. The largest absolute Gasteiger partial charge is 0.314 e. The molecule has 0 spiro atoms. The van der Waals surface area contributed by atoms with Gasteiger partial charge in [0.15, 0.2) is 0 Å². The normalized spacial score (nSPS) is 23.5. The molecule has 1 aromatic rings. The monoisotopic (exact) mass is 390 g/mol. The third-order valence-electron chi connectivity index (χ3n) is 5.34. The fraction of sp³-hybridized carbons (Fsp3) is 0.652. The third kappa shape index (κ3) is 4.28. The molecular formula is C23H39OPSi. The third-order valence-corrected chi connectivity index (χ3v) is 9.91. The molecule has 0 amide bonds. The van der Waals surface area contributed by atoms with E-state index in [0.717, 1.165) is 11.5 Å². The van der Waals surface area contributed by atoms with Crippen molar-refractivity contribution in [3.63, 3.8) is 0 Å². The highest BCUT2D eigenvalue weighted by Gasteiger charge is 2.46. The van der Waals surface area contributed by atoms with Crippen molar-refractivity contribution in [3.8, 4) is 0 Å². The number of benzene rings is 1. The van der Waals surface area contributed by atoms with Gasteiger partial charge in [-0.05, 0) is 38.8 Å². The second kappa shape index (κ2) is 6.21. The number of rotatable bonds is 2. The summed E-state index contributed by atoms with van der Waals surface area (Å²) in [6, 6.07) is 4.70. The van der Waals surface area contributed by atoms with Crippen molar-refractivity contribution in [1.29, 1.82) is 0 Å². The molecule has 0 fully saturated rings. The Labute approximate surface area is 163 Å². The summed E-state index contributed by atoms with van der Waals surface area (Å²) < 4.78 is 14.3. The molecule has 2 rings (SSSR count). The van der Waals surface area contributed by atoms with E-state index in [1.54, 1.807) is 0 Å². The first-order valence-electron chi connectivity index (χ1n) is 9.86. The summed E-state index contributed by atoms with van der Waals surface area (Å²) in [4.78, 5) is 0. The minimum absolute atomic E-state index is 0.0194. The lowest BCUT2D eigenvalue weighted by Crippen LogP contribution is -2.27. The first kappa shape index (κ1) is 21.7. The fourth-order valence-corrected chi connectivity index (χ4v) is 9.88. The lowest BCUT2D eigenvalue weighted by atomic mass is 9.75. The van der Waals surface area contributed by atoms with Gasteiger partial charge in [-0.3, -0.25) is 0 Å². The predicted molar refractivity (Wildman–Crippen MR) is 121 cm³/mol. The highest BCUT2D eigenvalue weighted by molar-refractivity contribution is 7.75. The van der Waals surface area contributed by atoms with Crippen molar-refractivity contribution in [2.24, 2.45) is 0 Å². The topological polar surface area (TPSA) is 17.1 Å². The lowest BCUT2D eigenvalue weighted by molar-refractivity contribution is 0.558. The van der Waals surface area contributed by atoms with Gasteiger partial charge < -0.3 is 4.57 Å². The van der Waals surface area contributed by atoms with Crippen LogP contribution in [-0.2, 0) is 20.8 Å². The van der Waals surface area contributed by atoms with Crippen LogP contribution in [0, 0.1) is 0 Å². The van der Waals surface area contributed by atoms with Crippen LogP contribution in [0.25, 0.3) is 0 Å². The van der Waals surface area contributed by atoms with E-state index < -0.39 is 15.2 Å². The number of fused-ring (bicyclic) bond motifs is 1. The summed E-state index contributed by atoms with van der Waals surface area (Å²) in [5, 5.41) is 1.16. The number of hydrogen-bond donors (Lipinski definition) is 0. The molecule has 1 atom stereocenters. The van der Waals surface area contributed by atoms with Crippen molar-refractivity contribution < 1.29 is 4.57 Å². The van der Waals surface area contributed by atoms with Crippen molar-refractivity contribution >= 4 is 20.5 Å². The van der Waals surface area contributed by atoms with Crippen molar-refractivity contribution in [1.82, 2.24) is 0 Å². The summed E-state index contributed by atoms with van der Waals surface area (Å²) >= 11 is 0. The molecule has 1 aromatic carbocycles. The molecule has 0 radical (unpaired) electrons. The van der Waals surface area contributed by atoms with Gasteiger partial charge in [0.2, 0.25) is 0 Å². The molecule has 0 bridgehead atoms. The van der Waals surface area contributed by atoms with Gasteiger partial charge in [-0.1, -0.05) is 92.9 Å². The maximum Gasteiger partial charge on any atom is 0.137 e. The Hall–Kier alpha value is -0.593. The Balaban J connectivity index is 2.87. The van der Waals surface area contributed by atoms with E-state index in [9.17, 15) is 4.57 Å². The first-order valence-corrected chi connectivity index (χ1v) is 15.4. The van der Waals surface area contributed by atoms with Crippen molar-refractivity contribution in [3.05, 3.63) is 40.3 Å².